The van der Waals surface area contributed by atoms with Crippen LogP contribution in [0, 0.1) is 0 Å². The molecule has 2 N–H and O–H groups in total. The lowest BCUT2D eigenvalue weighted by atomic mass is 10.3. The number of amides is 1. The van der Waals surface area contributed by atoms with Gasteiger partial charge in [0.1, 0.15) is 11.5 Å². The molecule has 88 valence electrons. The van der Waals surface area contributed by atoms with Gasteiger partial charge in [-0.15, -0.1) is 0 Å². The van der Waals surface area contributed by atoms with Gasteiger partial charge in [0.25, 0.3) is 5.91 Å². The van der Waals surface area contributed by atoms with Crippen LogP contribution in [0.5, 0.6) is 11.5 Å². The van der Waals surface area contributed by atoms with Crippen LogP contribution < -0.4 is 15.2 Å². The molecule has 0 saturated carbocycles. The van der Waals surface area contributed by atoms with Gasteiger partial charge in [-0.05, 0) is 30.7 Å². The molecule has 0 spiro atoms. The molecule has 1 aromatic carbocycles. The van der Waals surface area contributed by atoms with E-state index in [0.717, 1.165) is 25.2 Å². The zero-order valence-electron chi connectivity index (χ0n) is 9.44. The van der Waals surface area contributed by atoms with E-state index in [4.69, 9.17) is 15.2 Å². The van der Waals surface area contributed by atoms with Crippen molar-refractivity contribution in [2.75, 3.05) is 13.2 Å². The van der Waals surface area contributed by atoms with Gasteiger partial charge in [0.05, 0.1) is 6.61 Å². The molecule has 0 aliphatic rings. The highest BCUT2D eigenvalue weighted by Gasteiger charge is 1.98. The SMILES string of the molecule is CCCCOc1ccc(OCC(N)=O)cc1. The first-order valence-electron chi connectivity index (χ1n) is 5.36. The Morgan fingerprint density at radius 3 is 2.25 bits per heavy atom. The van der Waals surface area contributed by atoms with Gasteiger partial charge in [-0.25, -0.2) is 0 Å². The van der Waals surface area contributed by atoms with Crippen LogP contribution in [-0.2, 0) is 4.79 Å². The minimum atomic E-state index is -0.483. The minimum absolute atomic E-state index is 0.101. The van der Waals surface area contributed by atoms with Crippen molar-refractivity contribution in [1.82, 2.24) is 0 Å². The van der Waals surface area contributed by atoms with Crippen LogP contribution in [0.25, 0.3) is 0 Å². The van der Waals surface area contributed by atoms with Crippen molar-refractivity contribution >= 4 is 5.91 Å². The Hall–Kier alpha value is -1.71. The maximum Gasteiger partial charge on any atom is 0.255 e. The van der Waals surface area contributed by atoms with Crippen molar-refractivity contribution in [2.45, 2.75) is 19.8 Å². The molecule has 1 aromatic rings. The van der Waals surface area contributed by atoms with E-state index in [0.29, 0.717) is 5.75 Å². The molecule has 0 saturated heterocycles. The fraction of sp³-hybridized carbons (Fsp3) is 0.417. The van der Waals surface area contributed by atoms with Crippen molar-refractivity contribution in [3.05, 3.63) is 24.3 Å². The summed E-state index contributed by atoms with van der Waals surface area (Å²) in [6.45, 7) is 2.73. The summed E-state index contributed by atoms with van der Waals surface area (Å²) < 4.78 is 10.6. The van der Waals surface area contributed by atoms with E-state index in [-0.39, 0.29) is 6.61 Å². The average molecular weight is 223 g/mol. The summed E-state index contributed by atoms with van der Waals surface area (Å²) in [6, 6.07) is 7.13. The topological polar surface area (TPSA) is 61.6 Å². The minimum Gasteiger partial charge on any atom is -0.494 e. The Morgan fingerprint density at radius 1 is 1.19 bits per heavy atom. The highest BCUT2D eigenvalue weighted by molar-refractivity contribution is 5.75. The Bertz CT molecular complexity index is 322. The van der Waals surface area contributed by atoms with Gasteiger partial charge >= 0.3 is 0 Å². The van der Waals surface area contributed by atoms with Crippen molar-refractivity contribution in [3.63, 3.8) is 0 Å². The van der Waals surface area contributed by atoms with Crippen molar-refractivity contribution in [3.8, 4) is 11.5 Å². The molecule has 0 aliphatic heterocycles. The summed E-state index contributed by atoms with van der Waals surface area (Å²) in [7, 11) is 0. The number of benzene rings is 1. The lowest BCUT2D eigenvalue weighted by Gasteiger charge is -2.07. The summed E-state index contributed by atoms with van der Waals surface area (Å²) in [5, 5.41) is 0. The first-order valence-corrected chi connectivity index (χ1v) is 5.36. The van der Waals surface area contributed by atoms with E-state index in [9.17, 15) is 4.79 Å². The largest absolute Gasteiger partial charge is 0.494 e. The van der Waals surface area contributed by atoms with Gasteiger partial charge in [0, 0.05) is 0 Å². The fourth-order valence-corrected chi connectivity index (χ4v) is 1.12. The van der Waals surface area contributed by atoms with Gasteiger partial charge in [0.15, 0.2) is 6.61 Å². The van der Waals surface area contributed by atoms with Crippen LogP contribution in [0.4, 0.5) is 0 Å². The molecule has 16 heavy (non-hydrogen) atoms. The average Bonchev–Trinajstić information content (AvgIpc) is 2.28. The maximum atomic E-state index is 10.5. The van der Waals surface area contributed by atoms with Gasteiger partial charge in [0.2, 0.25) is 0 Å². The second-order valence-corrected chi connectivity index (χ2v) is 3.43. The van der Waals surface area contributed by atoms with Gasteiger partial charge in [-0.2, -0.15) is 0 Å². The van der Waals surface area contributed by atoms with E-state index in [2.05, 4.69) is 6.92 Å². The van der Waals surface area contributed by atoms with Gasteiger partial charge < -0.3 is 15.2 Å². The number of nitrogens with two attached hydrogens (primary N) is 1. The molecule has 1 rings (SSSR count). The van der Waals surface area contributed by atoms with Crippen molar-refractivity contribution in [2.24, 2.45) is 5.73 Å². The van der Waals surface area contributed by atoms with E-state index < -0.39 is 5.91 Å². The molecule has 0 radical (unpaired) electrons. The van der Waals surface area contributed by atoms with Crippen molar-refractivity contribution < 1.29 is 14.3 Å². The monoisotopic (exact) mass is 223 g/mol. The Morgan fingerprint density at radius 2 is 1.75 bits per heavy atom. The first-order chi connectivity index (χ1) is 7.72. The molecular formula is C12H17NO3. The van der Waals surface area contributed by atoms with E-state index >= 15 is 0 Å². The number of rotatable bonds is 7. The normalized spacial score (nSPS) is 9.81. The molecule has 0 unspecified atom stereocenters. The molecule has 0 heterocycles. The van der Waals surface area contributed by atoms with E-state index in [1.54, 1.807) is 12.1 Å². The lowest BCUT2D eigenvalue weighted by molar-refractivity contribution is -0.119. The molecule has 0 aromatic heterocycles. The second-order valence-electron chi connectivity index (χ2n) is 3.43. The molecule has 0 bridgehead atoms. The summed E-state index contributed by atoms with van der Waals surface area (Å²) >= 11 is 0. The second kappa shape index (κ2) is 6.71. The third-order valence-electron chi connectivity index (χ3n) is 1.97. The summed E-state index contributed by atoms with van der Waals surface area (Å²) in [5.74, 6) is 0.935. The molecule has 0 aliphatic carbocycles. The van der Waals surface area contributed by atoms with Crippen molar-refractivity contribution in [1.29, 1.82) is 0 Å². The number of hydrogen-bond acceptors (Lipinski definition) is 3. The molecule has 0 fully saturated rings. The smallest absolute Gasteiger partial charge is 0.255 e. The number of unbranched alkanes of at least 4 members (excludes halogenated alkanes) is 1. The Kier molecular flexibility index (Phi) is 5.19. The third-order valence-corrected chi connectivity index (χ3v) is 1.97. The third kappa shape index (κ3) is 4.68. The van der Waals surface area contributed by atoms with Crippen LogP contribution in [0.15, 0.2) is 24.3 Å². The van der Waals surface area contributed by atoms with Crippen LogP contribution in [0.1, 0.15) is 19.8 Å². The molecule has 4 heteroatoms. The zero-order chi connectivity index (χ0) is 11.8. The lowest BCUT2D eigenvalue weighted by Crippen LogP contribution is -2.19. The highest BCUT2D eigenvalue weighted by Crippen LogP contribution is 2.17. The highest BCUT2D eigenvalue weighted by atomic mass is 16.5. The Balaban J connectivity index is 2.38. The quantitative estimate of drug-likeness (QED) is 0.716. The summed E-state index contributed by atoms with van der Waals surface area (Å²) in [4.78, 5) is 10.5. The maximum absolute atomic E-state index is 10.5. The predicted octanol–water partition coefficient (Wildman–Crippen LogP) is 1.73. The predicted molar refractivity (Wildman–Crippen MR) is 61.5 cm³/mol. The number of ether oxygens (including phenoxy) is 2. The molecular weight excluding hydrogens is 206 g/mol. The Labute approximate surface area is 95.3 Å². The van der Waals surface area contributed by atoms with Crippen LogP contribution in [-0.4, -0.2) is 19.1 Å². The summed E-state index contributed by atoms with van der Waals surface area (Å²) in [6.07, 6.45) is 2.15. The fourth-order valence-electron chi connectivity index (χ4n) is 1.12. The zero-order valence-corrected chi connectivity index (χ0v) is 9.44. The number of carbonyl (C=O) groups is 1. The standard InChI is InChI=1S/C12H17NO3/c1-2-3-8-15-10-4-6-11(7-5-10)16-9-12(13)14/h4-7H,2-3,8-9H2,1H3,(H2,13,14). The molecule has 4 nitrogen and oxygen atoms in total. The van der Waals surface area contributed by atoms with Crippen LogP contribution in [0.3, 0.4) is 0 Å². The summed E-state index contributed by atoms with van der Waals surface area (Å²) in [5.41, 5.74) is 4.96. The van der Waals surface area contributed by atoms with Gasteiger partial charge in [-0.3, -0.25) is 4.79 Å². The van der Waals surface area contributed by atoms with Crippen LogP contribution in [0.2, 0.25) is 0 Å². The van der Waals surface area contributed by atoms with Crippen LogP contribution >= 0.6 is 0 Å². The number of hydrogen-bond donors (Lipinski definition) is 1. The number of primary amides is 1. The molecule has 1 amide bonds. The molecule has 0 atom stereocenters. The van der Waals surface area contributed by atoms with Gasteiger partial charge in [-0.1, -0.05) is 13.3 Å². The van der Waals surface area contributed by atoms with E-state index in [1.165, 1.54) is 0 Å². The first kappa shape index (κ1) is 12.4. The number of carbonyl (C=O) groups excluding carboxylic acids is 1. The van der Waals surface area contributed by atoms with E-state index in [1.807, 2.05) is 12.1 Å².